The van der Waals surface area contributed by atoms with Gasteiger partial charge < -0.3 is 0 Å². The largest absolute Gasteiger partial charge is 0.277 e. The van der Waals surface area contributed by atoms with Crippen LogP contribution >= 0.6 is 0 Å². The third-order valence-electron chi connectivity index (χ3n) is 6.71. The summed E-state index contributed by atoms with van der Waals surface area (Å²) in [6.45, 7) is 3.39. The average Bonchev–Trinajstić information content (AvgIpc) is 2.55. The van der Waals surface area contributed by atoms with Crippen LogP contribution in [0.3, 0.4) is 0 Å². The van der Waals surface area contributed by atoms with Gasteiger partial charge in [0.2, 0.25) is 5.91 Å². The van der Waals surface area contributed by atoms with Crippen LogP contribution in [0, 0.1) is 37.0 Å². The Labute approximate surface area is 152 Å². The van der Waals surface area contributed by atoms with Crippen molar-refractivity contribution in [1.29, 1.82) is 0 Å². The Morgan fingerprint density at radius 2 is 1.65 bits per heavy atom. The standard InChI is InChI=1S/C19H26N4O3/c1-10-11(2)20-22-17(25)16(10)18(26)23-21-15(24)9-19-6-12-3-13(7-19)5-14(4-12)8-19/h12-14H,3-9H2,1-2H3,(H,21,24)(H,22,25)(H,23,26). The van der Waals surface area contributed by atoms with Crippen LogP contribution < -0.4 is 16.4 Å². The number of aromatic nitrogens is 2. The van der Waals surface area contributed by atoms with Gasteiger partial charge in [-0.3, -0.25) is 25.2 Å². The zero-order valence-corrected chi connectivity index (χ0v) is 15.4. The first kappa shape index (κ1) is 17.2. The van der Waals surface area contributed by atoms with Crippen molar-refractivity contribution in [3.8, 4) is 0 Å². The molecule has 4 bridgehead atoms. The summed E-state index contributed by atoms with van der Waals surface area (Å²) >= 11 is 0. The summed E-state index contributed by atoms with van der Waals surface area (Å²) < 4.78 is 0. The van der Waals surface area contributed by atoms with E-state index in [2.05, 4.69) is 21.0 Å². The molecule has 4 aliphatic carbocycles. The van der Waals surface area contributed by atoms with Crippen LogP contribution in [0.25, 0.3) is 0 Å². The molecule has 2 amide bonds. The van der Waals surface area contributed by atoms with Gasteiger partial charge in [-0.15, -0.1) is 0 Å². The summed E-state index contributed by atoms with van der Waals surface area (Å²) in [4.78, 5) is 36.7. The van der Waals surface area contributed by atoms with Gasteiger partial charge in [-0.2, -0.15) is 5.10 Å². The van der Waals surface area contributed by atoms with Gasteiger partial charge in [0.15, 0.2) is 0 Å². The number of carbonyl (C=O) groups excluding carboxylic acids is 2. The van der Waals surface area contributed by atoms with E-state index in [1.165, 1.54) is 19.3 Å². The Balaban J connectivity index is 1.38. The van der Waals surface area contributed by atoms with Gasteiger partial charge >= 0.3 is 0 Å². The maximum absolute atomic E-state index is 12.5. The molecule has 4 fully saturated rings. The zero-order chi connectivity index (χ0) is 18.5. The lowest BCUT2D eigenvalue weighted by Crippen LogP contribution is -2.50. The molecule has 4 saturated carbocycles. The monoisotopic (exact) mass is 358 g/mol. The van der Waals surface area contributed by atoms with Gasteiger partial charge in [0.25, 0.3) is 11.5 Å². The molecule has 7 heteroatoms. The number of rotatable bonds is 3. The van der Waals surface area contributed by atoms with Crippen LogP contribution in [-0.4, -0.2) is 22.0 Å². The van der Waals surface area contributed by atoms with E-state index >= 15 is 0 Å². The minimum Gasteiger partial charge on any atom is -0.273 e. The van der Waals surface area contributed by atoms with E-state index in [1.807, 2.05) is 0 Å². The van der Waals surface area contributed by atoms with E-state index in [4.69, 9.17) is 0 Å². The highest BCUT2D eigenvalue weighted by molar-refractivity contribution is 5.96. The Morgan fingerprint density at radius 1 is 1.08 bits per heavy atom. The fraction of sp³-hybridized carbons (Fsp3) is 0.684. The highest BCUT2D eigenvalue weighted by Gasteiger charge is 2.51. The number of amides is 2. The van der Waals surface area contributed by atoms with Crippen LogP contribution in [0.15, 0.2) is 4.79 Å². The number of aryl methyl sites for hydroxylation is 1. The summed E-state index contributed by atoms with van der Waals surface area (Å²) in [5, 5.41) is 6.14. The molecule has 7 nitrogen and oxygen atoms in total. The van der Waals surface area contributed by atoms with E-state index < -0.39 is 11.5 Å². The smallest absolute Gasteiger partial charge is 0.273 e. The predicted molar refractivity (Wildman–Crippen MR) is 95.2 cm³/mol. The molecule has 0 spiro atoms. The zero-order valence-electron chi connectivity index (χ0n) is 15.4. The van der Waals surface area contributed by atoms with Crippen LogP contribution in [0.2, 0.25) is 0 Å². The quantitative estimate of drug-likeness (QED) is 0.716. The molecule has 1 aromatic rings. The van der Waals surface area contributed by atoms with Crippen LogP contribution in [0.5, 0.6) is 0 Å². The molecule has 1 aromatic heterocycles. The molecule has 140 valence electrons. The Hall–Kier alpha value is -2.18. The number of hydrogen-bond acceptors (Lipinski definition) is 4. The minimum atomic E-state index is -0.604. The number of nitrogens with zero attached hydrogens (tertiary/aromatic N) is 1. The van der Waals surface area contributed by atoms with Gasteiger partial charge in [-0.25, -0.2) is 5.10 Å². The average molecular weight is 358 g/mol. The maximum Gasteiger partial charge on any atom is 0.277 e. The SMILES string of the molecule is Cc1n[nH]c(=O)c(C(=O)NNC(=O)CC23CC4CC(CC(C4)C2)C3)c1C. The van der Waals surface area contributed by atoms with Crippen molar-refractivity contribution in [1.82, 2.24) is 21.0 Å². The third-order valence-corrected chi connectivity index (χ3v) is 6.71. The molecule has 0 radical (unpaired) electrons. The fourth-order valence-corrected chi connectivity index (χ4v) is 5.98. The number of nitrogens with one attached hydrogen (secondary N) is 3. The summed E-state index contributed by atoms with van der Waals surface area (Å²) in [6.07, 6.45) is 7.89. The number of carbonyl (C=O) groups is 2. The molecular formula is C19H26N4O3. The lowest BCUT2D eigenvalue weighted by Gasteiger charge is -2.56. The van der Waals surface area contributed by atoms with E-state index in [-0.39, 0.29) is 16.9 Å². The van der Waals surface area contributed by atoms with Gasteiger partial charge in [-0.05, 0) is 81.1 Å². The molecule has 0 saturated heterocycles. The molecule has 5 rings (SSSR count). The molecule has 4 aliphatic rings. The molecule has 0 aliphatic heterocycles. The number of hydrogen-bond donors (Lipinski definition) is 3. The second-order valence-corrected chi connectivity index (χ2v) is 8.73. The Morgan fingerprint density at radius 3 is 2.23 bits per heavy atom. The summed E-state index contributed by atoms with van der Waals surface area (Å²) in [6, 6.07) is 0. The molecule has 26 heavy (non-hydrogen) atoms. The van der Waals surface area contributed by atoms with Gasteiger partial charge in [0.05, 0.1) is 5.69 Å². The third kappa shape index (κ3) is 3.04. The lowest BCUT2D eigenvalue weighted by atomic mass is 9.49. The first-order valence-corrected chi connectivity index (χ1v) is 9.50. The molecule has 0 aromatic carbocycles. The van der Waals surface area contributed by atoms with Crippen molar-refractivity contribution in [2.45, 2.75) is 58.8 Å². The number of aromatic amines is 1. The highest BCUT2D eigenvalue weighted by atomic mass is 16.2. The normalized spacial score (nSPS) is 31.7. The highest BCUT2D eigenvalue weighted by Crippen LogP contribution is 2.61. The molecule has 0 unspecified atom stereocenters. The summed E-state index contributed by atoms with van der Waals surface area (Å²) in [5.74, 6) is 1.58. The predicted octanol–water partition coefficient (Wildman–Crippen LogP) is 1.75. The van der Waals surface area contributed by atoms with Crippen molar-refractivity contribution in [2.24, 2.45) is 23.2 Å². The summed E-state index contributed by atoms with van der Waals surface area (Å²) in [5.41, 5.74) is 5.57. The summed E-state index contributed by atoms with van der Waals surface area (Å²) in [7, 11) is 0. The molecule has 1 heterocycles. The van der Waals surface area contributed by atoms with Crippen molar-refractivity contribution in [2.75, 3.05) is 0 Å². The number of hydrazine groups is 1. The van der Waals surface area contributed by atoms with Crippen molar-refractivity contribution in [3.63, 3.8) is 0 Å². The van der Waals surface area contributed by atoms with E-state index in [9.17, 15) is 14.4 Å². The molecule has 3 N–H and O–H groups in total. The van der Waals surface area contributed by atoms with E-state index in [1.54, 1.807) is 13.8 Å². The first-order valence-electron chi connectivity index (χ1n) is 9.50. The molecular weight excluding hydrogens is 332 g/mol. The topological polar surface area (TPSA) is 104 Å². The van der Waals surface area contributed by atoms with Gasteiger partial charge in [0.1, 0.15) is 5.56 Å². The van der Waals surface area contributed by atoms with Crippen LogP contribution in [0.4, 0.5) is 0 Å². The van der Waals surface area contributed by atoms with Crippen molar-refractivity contribution in [3.05, 3.63) is 27.2 Å². The van der Waals surface area contributed by atoms with E-state index in [0.29, 0.717) is 17.7 Å². The second kappa shape index (κ2) is 6.21. The van der Waals surface area contributed by atoms with Crippen LogP contribution in [0.1, 0.15) is 66.6 Å². The fourth-order valence-electron chi connectivity index (χ4n) is 5.98. The van der Waals surface area contributed by atoms with Crippen molar-refractivity contribution >= 4 is 11.8 Å². The van der Waals surface area contributed by atoms with Crippen LogP contribution in [-0.2, 0) is 4.79 Å². The maximum atomic E-state index is 12.5. The van der Waals surface area contributed by atoms with Gasteiger partial charge in [0, 0.05) is 6.42 Å². The number of H-pyrrole nitrogens is 1. The van der Waals surface area contributed by atoms with Crippen molar-refractivity contribution < 1.29 is 9.59 Å². The first-order chi connectivity index (χ1) is 12.3. The molecule has 0 atom stereocenters. The lowest BCUT2D eigenvalue weighted by molar-refractivity contribution is -0.130. The Bertz CT molecular complexity index is 778. The van der Waals surface area contributed by atoms with Gasteiger partial charge in [-0.1, -0.05) is 0 Å². The minimum absolute atomic E-state index is 0.00685. The van der Waals surface area contributed by atoms with E-state index in [0.717, 1.165) is 37.0 Å². The second-order valence-electron chi connectivity index (χ2n) is 8.73. The Kier molecular flexibility index (Phi) is 4.12.